The van der Waals surface area contributed by atoms with Crippen molar-refractivity contribution < 1.29 is 9.53 Å². The summed E-state index contributed by atoms with van der Waals surface area (Å²) in [5, 5.41) is 2.88. The number of carbonyl (C=O) groups is 1. The lowest BCUT2D eigenvalue weighted by Gasteiger charge is -2.06. The molecule has 0 aliphatic rings. The average Bonchev–Trinajstić information content (AvgIpc) is 2.52. The Morgan fingerprint density at radius 3 is 2.48 bits per heavy atom. The number of benzene rings is 2. The number of amides is 1. The van der Waals surface area contributed by atoms with E-state index in [0.29, 0.717) is 25.3 Å². The third-order valence-electron chi connectivity index (χ3n) is 2.97. The van der Waals surface area contributed by atoms with Crippen molar-refractivity contribution in [2.45, 2.75) is 13.0 Å². The van der Waals surface area contributed by atoms with E-state index in [9.17, 15) is 4.79 Å². The molecule has 3 nitrogen and oxygen atoms in total. The highest BCUT2D eigenvalue weighted by atomic mass is 79.9. The molecule has 0 spiro atoms. The fourth-order valence-electron chi connectivity index (χ4n) is 1.84. The molecule has 0 fully saturated rings. The standard InChI is InChI=1S/C17H18BrNO2/c18-16-9-7-15(8-10-16)17(20)19-11-4-12-21-13-14-5-2-1-3-6-14/h1-3,5-10H,4,11-13H2,(H,19,20). The maximum absolute atomic E-state index is 11.8. The quantitative estimate of drug-likeness (QED) is 0.774. The summed E-state index contributed by atoms with van der Waals surface area (Å²) in [4.78, 5) is 11.8. The van der Waals surface area contributed by atoms with Crippen molar-refractivity contribution in [1.82, 2.24) is 5.32 Å². The van der Waals surface area contributed by atoms with E-state index in [1.54, 1.807) is 12.1 Å². The molecule has 4 heteroatoms. The van der Waals surface area contributed by atoms with Crippen LogP contribution < -0.4 is 5.32 Å². The van der Waals surface area contributed by atoms with Gasteiger partial charge in [-0.25, -0.2) is 0 Å². The molecule has 0 aromatic heterocycles. The molecule has 0 heterocycles. The highest BCUT2D eigenvalue weighted by molar-refractivity contribution is 9.10. The average molecular weight is 348 g/mol. The summed E-state index contributed by atoms with van der Waals surface area (Å²) in [6.07, 6.45) is 0.801. The molecule has 0 saturated heterocycles. The molecule has 2 rings (SSSR count). The molecular weight excluding hydrogens is 330 g/mol. The Bertz CT molecular complexity index is 555. The molecule has 1 N–H and O–H groups in total. The molecule has 21 heavy (non-hydrogen) atoms. The molecule has 0 bridgehead atoms. The summed E-state index contributed by atoms with van der Waals surface area (Å²) >= 11 is 3.35. The van der Waals surface area contributed by atoms with Crippen LogP contribution in [0.5, 0.6) is 0 Å². The van der Waals surface area contributed by atoms with Crippen LogP contribution in [0, 0.1) is 0 Å². The first-order valence-electron chi connectivity index (χ1n) is 6.91. The van der Waals surface area contributed by atoms with Crippen molar-refractivity contribution in [3.63, 3.8) is 0 Å². The van der Waals surface area contributed by atoms with E-state index in [2.05, 4.69) is 21.2 Å². The second kappa shape index (κ2) is 8.60. The number of halogens is 1. The van der Waals surface area contributed by atoms with E-state index in [1.807, 2.05) is 42.5 Å². The third kappa shape index (κ3) is 5.69. The number of hydrogen-bond donors (Lipinski definition) is 1. The molecule has 2 aromatic carbocycles. The lowest BCUT2D eigenvalue weighted by atomic mass is 10.2. The molecule has 0 atom stereocenters. The van der Waals surface area contributed by atoms with Crippen LogP contribution in [-0.2, 0) is 11.3 Å². The van der Waals surface area contributed by atoms with Gasteiger partial charge in [0.05, 0.1) is 6.61 Å². The van der Waals surface area contributed by atoms with Gasteiger partial charge < -0.3 is 10.1 Å². The van der Waals surface area contributed by atoms with Crippen LogP contribution in [0.3, 0.4) is 0 Å². The highest BCUT2D eigenvalue weighted by Gasteiger charge is 2.03. The van der Waals surface area contributed by atoms with Crippen molar-refractivity contribution in [3.05, 3.63) is 70.2 Å². The minimum atomic E-state index is -0.0504. The largest absolute Gasteiger partial charge is 0.377 e. The van der Waals surface area contributed by atoms with Crippen LogP contribution >= 0.6 is 15.9 Å². The summed E-state index contributed by atoms with van der Waals surface area (Å²) in [6, 6.07) is 17.4. The molecule has 0 aliphatic heterocycles. The Morgan fingerprint density at radius 2 is 1.76 bits per heavy atom. The van der Waals surface area contributed by atoms with Gasteiger partial charge in [-0.1, -0.05) is 46.3 Å². The first-order chi connectivity index (χ1) is 10.3. The van der Waals surface area contributed by atoms with Gasteiger partial charge in [0, 0.05) is 23.2 Å². The minimum Gasteiger partial charge on any atom is -0.377 e. The van der Waals surface area contributed by atoms with E-state index in [1.165, 1.54) is 0 Å². The van der Waals surface area contributed by atoms with Gasteiger partial charge in [-0.15, -0.1) is 0 Å². The van der Waals surface area contributed by atoms with Crippen molar-refractivity contribution in [3.8, 4) is 0 Å². The SMILES string of the molecule is O=C(NCCCOCc1ccccc1)c1ccc(Br)cc1. The van der Waals surface area contributed by atoms with Gasteiger partial charge in [0.2, 0.25) is 0 Å². The van der Waals surface area contributed by atoms with Gasteiger partial charge in [0.25, 0.3) is 5.91 Å². The van der Waals surface area contributed by atoms with E-state index in [-0.39, 0.29) is 5.91 Å². The van der Waals surface area contributed by atoms with Crippen molar-refractivity contribution in [2.24, 2.45) is 0 Å². The fraction of sp³-hybridized carbons (Fsp3) is 0.235. The summed E-state index contributed by atoms with van der Waals surface area (Å²) in [6.45, 7) is 1.86. The lowest BCUT2D eigenvalue weighted by Crippen LogP contribution is -2.25. The summed E-state index contributed by atoms with van der Waals surface area (Å²) in [7, 11) is 0. The van der Waals surface area contributed by atoms with E-state index >= 15 is 0 Å². The number of hydrogen-bond acceptors (Lipinski definition) is 2. The Balaban J connectivity index is 1.59. The zero-order valence-electron chi connectivity index (χ0n) is 11.7. The van der Waals surface area contributed by atoms with Crippen molar-refractivity contribution in [2.75, 3.05) is 13.2 Å². The Morgan fingerprint density at radius 1 is 1.05 bits per heavy atom. The first-order valence-corrected chi connectivity index (χ1v) is 7.70. The first kappa shape index (κ1) is 15.7. The van der Waals surface area contributed by atoms with Crippen LogP contribution in [0.4, 0.5) is 0 Å². The van der Waals surface area contributed by atoms with Crippen LogP contribution in [0.2, 0.25) is 0 Å². The summed E-state index contributed by atoms with van der Waals surface area (Å²) in [5.74, 6) is -0.0504. The van der Waals surface area contributed by atoms with Gasteiger partial charge >= 0.3 is 0 Å². The van der Waals surface area contributed by atoms with Crippen LogP contribution in [-0.4, -0.2) is 19.1 Å². The fourth-order valence-corrected chi connectivity index (χ4v) is 2.11. The maximum atomic E-state index is 11.8. The van der Waals surface area contributed by atoms with Crippen LogP contribution in [0.15, 0.2) is 59.1 Å². The van der Waals surface area contributed by atoms with Gasteiger partial charge in [0.15, 0.2) is 0 Å². The van der Waals surface area contributed by atoms with Gasteiger partial charge in [0.1, 0.15) is 0 Å². The monoisotopic (exact) mass is 347 g/mol. The number of ether oxygens (including phenoxy) is 1. The molecular formula is C17H18BrNO2. The topological polar surface area (TPSA) is 38.3 Å². The molecule has 0 unspecified atom stereocenters. The number of rotatable bonds is 7. The molecule has 1 amide bonds. The van der Waals surface area contributed by atoms with Gasteiger partial charge in [-0.2, -0.15) is 0 Å². The Labute approximate surface area is 133 Å². The normalized spacial score (nSPS) is 10.3. The molecule has 0 saturated carbocycles. The lowest BCUT2D eigenvalue weighted by molar-refractivity contribution is 0.0934. The van der Waals surface area contributed by atoms with Gasteiger partial charge in [-0.05, 0) is 36.2 Å². The van der Waals surface area contributed by atoms with Crippen LogP contribution in [0.1, 0.15) is 22.3 Å². The number of carbonyl (C=O) groups excluding carboxylic acids is 1. The second-order valence-corrected chi connectivity index (χ2v) is 5.57. The van der Waals surface area contributed by atoms with E-state index < -0.39 is 0 Å². The predicted octanol–water partition coefficient (Wildman–Crippen LogP) is 3.79. The van der Waals surface area contributed by atoms with Crippen molar-refractivity contribution >= 4 is 21.8 Å². The predicted molar refractivity (Wildman–Crippen MR) is 87.2 cm³/mol. The van der Waals surface area contributed by atoms with E-state index in [4.69, 9.17) is 4.74 Å². The Kier molecular flexibility index (Phi) is 6.44. The third-order valence-corrected chi connectivity index (χ3v) is 3.50. The van der Waals surface area contributed by atoms with Gasteiger partial charge in [-0.3, -0.25) is 4.79 Å². The summed E-state index contributed by atoms with van der Waals surface area (Å²) < 4.78 is 6.53. The smallest absolute Gasteiger partial charge is 0.251 e. The Hall–Kier alpha value is -1.65. The zero-order chi connectivity index (χ0) is 14.9. The van der Waals surface area contributed by atoms with Crippen LogP contribution in [0.25, 0.3) is 0 Å². The molecule has 2 aromatic rings. The molecule has 0 aliphatic carbocycles. The minimum absolute atomic E-state index is 0.0504. The summed E-state index contributed by atoms with van der Waals surface area (Å²) in [5.41, 5.74) is 1.83. The second-order valence-electron chi connectivity index (χ2n) is 4.65. The molecule has 110 valence electrons. The van der Waals surface area contributed by atoms with E-state index in [0.717, 1.165) is 16.5 Å². The molecule has 0 radical (unpaired) electrons. The van der Waals surface area contributed by atoms with Crippen molar-refractivity contribution in [1.29, 1.82) is 0 Å². The zero-order valence-corrected chi connectivity index (χ0v) is 13.3. The maximum Gasteiger partial charge on any atom is 0.251 e. The number of nitrogens with one attached hydrogen (secondary N) is 1. The highest BCUT2D eigenvalue weighted by Crippen LogP contribution is 2.10.